The fourth-order valence-electron chi connectivity index (χ4n) is 4.73. The van der Waals surface area contributed by atoms with Crippen molar-refractivity contribution in [1.82, 2.24) is 5.32 Å². The number of nitrogens with one attached hydrogen (secondary N) is 1. The van der Waals surface area contributed by atoms with Crippen molar-refractivity contribution in [2.24, 2.45) is 0 Å². The average molecular weight is 594 g/mol. The van der Waals surface area contributed by atoms with Crippen molar-refractivity contribution in [2.45, 2.75) is 105 Å². The van der Waals surface area contributed by atoms with Gasteiger partial charge in [0.15, 0.2) is 18.9 Å². The number of hydrogen-bond acceptors (Lipinski definition) is 16. The van der Waals surface area contributed by atoms with Crippen LogP contribution in [-0.2, 0) is 38.6 Å². The van der Waals surface area contributed by atoms with E-state index in [0.29, 0.717) is 0 Å². The van der Waals surface area contributed by atoms with E-state index in [4.69, 9.17) is 23.7 Å². The lowest BCUT2D eigenvalue weighted by Gasteiger charge is -2.49. The summed E-state index contributed by atoms with van der Waals surface area (Å²) in [5.74, 6) is -0.713. The van der Waals surface area contributed by atoms with Crippen LogP contribution in [0, 0.1) is 0 Å². The Balaban J connectivity index is 1.98. The summed E-state index contributed by atoms with van der Waals surface area (Å²) >= 11 is 0. The van der Waals surface area contributed by atoms with Gasteiger partial charge in [0.2, 0.25) is 5.91 Å². The SMILES string of the molecule is CC(=O)N[C@@H]1[C@@H](O[C@@H]2O[C@@H](C)[C@@H](O)[C@@H](O)[C@@H]2O)[C@H](O[C@@H]2O[C@H](CO)[C@H](O)[C@H](S(=O)(=O)O)[C@H]2O)[C@@H](CO)O[C@H]1O. The van der Waals surface area contributed by atoms with Crippen molar-refractivity contribution in [3.8, 4) is 0 Å². The maximum atomic E-state index is 11.9. The fraction of sp³-hybridized carbons (Fsp3) is 0.950. The van der Waals surface area contributed by atoms with Crippen LogP contribution < -0.4 is 5.32 Å². The number of carbonyl (C=O) groups is 1. The van der Waals surface area contributed by atoms with Gasteiger partial charge in [-0.05, 0) is 6.92 Å². The molecule has 0 bridgehead atoms. The van der Waals surface area contributed by atoms with E-state index in [-0.39, 0.29) is 0 Å². The van der Waals surface area contributed by atoms with E-state index >= 15 is 0 Å². The van der Waals surface area contributed by atoms with Gasteiger partial charge in [0, 0.05) is 6.92 Å². The molecule has 3 heterocycles. The molecule has 18 nitrogen and oxygen atoms in total. The van der Waals surface area contributed by atoms with Crippen LogP contribution in [0.25, 0.3) is 0 Å². The zero-order valence-electron chi connectivity index (χ0n) is 20.8. The standard InChI is InChI=1S/C20H35NO17S/c1-5-10(25)12(27)13(28)19(34-5)38-16-9(21-6(2)24)18(30)35-8(4-23)15(16)37-20-14(29)17(39(31,32)33)11(26)7(3-22)36-20/h5,7-20,22-23,25-30H,3-4H2,1-2H3,(H,21,24)(H,31,32,33)/t5-,7+,8+,9+,10+,11-,12+,13-,14+,15+,16+,17-,18+,19-,20-/m0/s1. The molecule has 3 aliphatic heterocycles. The second-order valence-electron chi connectivity index (χ2n) is 9.54. The van der Waals surface area contributed by atoms with Crippen molar-refractivity contribution in [2.75, 3.05) is 13.2 Å². The topological polar surface area (TPSA) is 291 Å². The van der Waals surface area contributed by atoms with E-state index in [1.807, 2.05) is 0 Å². The Kier molecular flexibility index (Phi) is 10.6. The molecule has 0 aromatic rings. The molecule has 228 valence electrons. The van der Waals surface area contributed by atoms with Gasteiger partial charge >= 0.3 is 0 Å². The lowest BCUT2D eigenvalue weighted by Crippen LogP contribution is -2.69. The van der Waals surface area contributed by atoms with Gasteiger partial charge in [0.1, 0.15) is 66.2 Å². The molecule has 19 heteroatoms. The summed E-state index contributed by atoms with van der Waals surface area (Å²) in [4.78, 5) is 11.9. The Morgan fingerprint density at radius 1 is 0.795 bits per heavy atom. The highest BCUT2D eigenvalue weighted by atomic mass is 32.2. The van der Waals surface area contributed by atoms with Gasteiger partial charge in [-0.25, -0.2) is 0 Å². The summed E-state index contributed by atoms with van der Waals surface area (Å²) in [6.45, 7) is 0.561. The summed E-state index contributed by atoms with van der Waals surface area (Å²) in [7, 11) is -5.14. The van der Waals surface area contributed by atoms with Gasteiger partial charge in [-0.3, -0.25) is 9.35 Å². The van der Waals surface area contributed by atoms with E-state index in [1.54, 1.807) is 0 Å². The van der Waals surface area contributed by atoms with Gasteiger partial charge in [-0.1, -0.05) is 0 Å². The number of rotatable bonds is 8. The van der Waals surface area contributed by atoms with Crippen molar-refractivity contribution < 1.29 is 82.3 Å². The molecular formula is C20H35NO17S. The molecule has 0 aromatic carbocycles. The highest BCUT2D eigenvalue weighted by Gasteiger charge is 2.56. The maximum Gasteiger partial charge on any atom is 0.273 e. The molecule has 0 aromatic heterocycles. The van der Waals surface area contributed by atoms with E-state index in [9.17, 15) is 58.6 Å². The molecule has 1 amide bonds. The van der Waals surface area contributed by atoms with Crippen molar-refractivity contribution in [3.63, 3.8) is 0 Å². The maximum absolute atomic E-state index is 11.9. The van der Waals surface area contributed by atoms with Crippen LogP contribution in [0.1, 0.15) is 13.8 Å². The number of aliphatic hydroxyl groups is 8. The Morgan fingerprint density at radius 3 is 1.90 bits per heavy atom. The van der Waals surface area contributed by atoms with Gasteiger partial charge in [-0.2, -0.15) is 8.42 Å². The average Bonchev–Trinajstić information content (AvgIpc) is 2.84. The molecule has 3 saturated heterocycles. The smallest absolute Gasteiger partial charge is 0.273 e. The second kappa shape index (κ2) is 12.8. The third-order valence-corrected chi connectivity index (χ3v) is 8.02. The van der Waals surface area contributed by atoms with E-state index < -0.39 is 120 Å². The van der Waals surface area contributed by atoms with Gasteiger partial charge in [-0.15, -0.1) is 0 Å². The van der Waals surface area contributed by atoms with Crippen LogP contribution in [0.2, 0.25) is 0 Å². The first-order chi connectivity index (χ1) is 18.1. The van der Waals surface area contributed by atoms with Crippen LogP contribution in [0.3, 0.4) is 0 Å². The molecule has 3 aliphatic rings. The first kappa shape index (κ1) is 32.4. The third-order valence-electron chi connectivity index (χ3n) is 6.77. The van der Waals surface area contributed by atoms with Crippen LogP contribution in [0.5, 0.6) is 0 Å². The summed E-state index contributed by atoms with van der Waals surface area (Å²) in [5.41, 5.74) is 0. The van der Waals surface area contributed by atoms with Gasteiger partial charge in [0.25, 0.3) is 10.1 Å². The van der Waals surface area contributed by atoms with Crippen LogP contribution >= 0.6 is 0 Å². The highest BCUT2D eigenvalue weighted by Crippen LogP contribution is 2.34. The number of hydrogen-bond donors (Lipinski definition) is 10. The predicted molar refractivity (Wildman–Crippen MR) is 121 cm³/mol. The number of amides is 1. The first-order valence-electron chi connectivity index (χ1n) is 11.9. The molecule has 0 spiro atoms. The highest BCUT2D eigenvalue weighted by molar-refractivity contribution is 7.86. The number of aliphatic hydroxyl groups excluding tert-OH is 8. The molecule has 0 radical (unpaired) electrons. The Hall–Kier alpha value is -1.14. The summed E-state index contributed by atoms with van der Waals surface area (Å²) in [6.07, 6.45) is -22.7. The molecule has 0 unspecified atom stereocenters. The molecule has 0 saturated carbocycles. The third kappa shape index (κ3) is 6.85. The first-order valence-corrected chi connectivity index (χ1v) is 13.4. The molecule has 39 heavy (non-hydrogen) atoms. The fourth-order valence-corrected chi connectivity index (χ4v) is 5.74. The van der Waals surface area contributed by atoms with E-state index in [2.05, 4.69) is 5.32 Å². The van der Waals surface area contributed by atoms with Crippen LogP contribution in [0.4, 0.5) is 0 Å². The normalized spacial score (nSPS) is 47.5. The monoisotopic (exact) mass is 593 g/mol. The molecule has 0 aliphatic carbocycles. The van der Waals surface area contributed by atoms with E-state index in [1.165, 1.54) is 6.92 Å². The van der Waals surface area contributed by atoms with Crippen LogP contribution in [0.15, 0.2) is 0 Å². The summed E-state index contributed by atoms with van der Waals surface area (Å²) in [5, 5.41) is 81.4. The second-order valence-corrected chi connectivity index (χ2v) is 11.1. The minimum Gasteiger partial charge on any atom is -0.394 e. The lowest BCUT2D eigenvalue weighted by atomic mass is 9.94. The lowest BCUT2D eigenvalue weighted by molar-refractivity contribution is -0.363. The quantitative estimate of drug-likeness (QED) is 0.117. The zero-order valence-corrected chi connectivity index (χ0v) is 21.6. The van der Waals surface area contributed by atoms with Crippen molar-refractivity contribution in [3.05, 3.63) is 0 Å². The molecule has 3 rings (SSSR count). The van der Waals surface area contributed by atoms with Gasteiger partial charge in [0.05, 0.1) is 19.3 Å². The number of ether oxygens (including phenoxy) is 5. The number of carbonyl (C=O) groups excluding carboxylic acids is 1. The summed E-state index contributed by atoms with van der Waals surface area (Å²) < 4.78 is 60.8. The van der Waals surface area contributed by atoms with Crippen LogP contribution in [-0.4, -0.2) is 164 Å². The molecule has 15 atom stereocenters. The van der Waals surface area contributed by atoms with Crippen molar-refractivity contribution in [1.29, 1.82) is 0 Å². The van der Waals surface area contributed by atoms with Gasteiger partial charge < -0.3 is 69.9 Å². The largest absolute Gasteiger partial charge is 0.394 e. The Morgan fingerprint density at radius 2 is 1.36 bits per heavy atom. The van der Waals surface area contributed by atoms with Crippen molar-refractivity contribution >= 4 is 16.0 Å². The minimum atomic E-state index is -5.14. The Labute approximate surface area is 222 Å². The molecular weight excluding hydrogens is 558 g/mol. The summed E-state index contributed by atoms with van der Waals surface area (Å²) in [6, 6.07) is -1.53. The van der Waals surface area contributed by atoms with E-state index in [0.717, 1.165) is 6.92 Å². The zero-order chi connectivity index (χ0) is 29.4. The molecule has 3 fully saturated rings. The predicted octanol–water partition coefficient (Wildman–Crippen LogP) is -6.51. The Bertz CT molecular complexity index is 939. The molecule has 10 N–H and O–H groups in total. The minimum absolute atomic E-state index is 0.713.